The van der Waals surface area contributed by atoms with Crippen LogP contribution in [0.25, 0.3) is 0 Å². The Morgan fingerprint density at radius 1 is 1.56 bits per heavy atom. The van der Waals surface area contributed by atoms with Gasteiger partial charge in [0.2, 0.25) is 0 Å². The molecule has 0 aliphatic carbocycles. The van der Waals surface area contributed by atoms with Crippen LogP contribution in [-0.4, -0.2) is 34.1 Å². The van der Waals surface area contributed by atoms with Crippen LogP contribution in [-0.2, 0) is 11.3 Å². The second-order valence-electron chi connectivity index (χ2n) is 2.89. The molecule has 90 valence electrons. The Hall–Kier alpha value is -1.64. The van der Waals surface area contributed by atoms with Gasteiger partial charge in [-0.25, -0.2) is 0 Å². The summed E-state index contributed by atoms with van der Waals surface area (Å²) in [5.41, 5.74) is -0.212. The zero-order chi connectivity index (χ0) is 12.2. The predicted molar refractivity (Wildman–Crippen MR) is 45.8 cm³/mol. The van der Waals surface area contributed by atoms with Gasteiger partial charge in [-0.3, -0.25) is 14.8 Å². The van der Waals surface area contributed by atoms with Crippen LogP contribution in [0.3, 0.4) is 0 Å². The van der Waals surface area contributed by atoms with Gasteiger partial charge < -0.3 is 4.74 Å². The van der Waals surface area contributed by atoms with Crippen molar-refractivity contribution < 1.29 is 22.8 Å². The minimum absolute atomic E-state index is 0.0317. The quantitative estimate of drug-likeness (QED) is 0.442. The molecule has 1 heterocycles. The van der Waals surface area contributed by atoms with Crippen LogP contribution in [0.2, 0.25) is 0 Å². The standard InChI is InChI=1S/C7H8F3N3O3/c8-7(9,10)5-16-2-1-12-4-6(3-11-12)13(14)15/h3-4H,1-2,5H2. The molecule has 0 atom stereocenters. The highest BCUT2D eigenvalue weighted by Crippen LogP contribution is 2.14. The van der Waals surface area contributed by atoms with Crippen molar-refractivity contribution in [1.82, 2.24) is 9.78 Å². The first-order chi connectivity index (χ1) is 7.38. The van der Waals surface area contributed by atoms with Gasteiger partial charge in [0.15, 0.2) is 0 Å². The Balaban J connectivity index is 2.30. The lowest BCUT2D eigenvalue weighted by molar-refractivity contribution is -0.385. The molecule has 0 amide bonds. The second kappa shape index (κ2) is 4.92. The summed E-state index contributed by atoms with van der Waals surface area (Å²) in [6, 6.07) is 0. The third-order valence-electron chi connectivity index (χ3n) is 1.56. The molecule has 0 spiro atoms. The number of hydrogen-bond donors (Lipinski definition) is 0. The number of nitro groups is 1. The maximum absolute atomic E-state index is 11.7. The molecule has 9 heteroatoms. The molecule has 0 aromatic carbocycles. The van der Waals surface area contributed by atoms with Gasteiger partial charge in [0.1, 0.15) is 19.0 Å². The highest BCUT2D eigenvalue weighted by atomic mass is 19.4. The number of ether oxygens (including phenoxy) is 1. The number of halogens is 3. The van der Waals surface area contributed by atoms with Gasteiger partial charge in [-0.05, 0) is 0 Å². The Kier molecular flexibility index (Phi) is 3.82. The van der Waals surface area contributed by atoms with Crippen LogP contribution in [0.5, 0.6) is 0 Å². The van der Waals surface area contributed by atoms with Crippen molar-refractivity contribution in [3.05, 3.63) is 22.5 Å². The van der Waals surface area contributed by atoms with E-state index in [0.29, 0.717) is 0 Å². The molecular formula is C7H8F3N3O3. The van der Waals surface area contributed by atoms with Crippen molar-refractivity contribution >= 4 is 5.69 Å². The van der Waals surface area contributed by atoms with E-state index in [4.69, 9.17) is 0 Å². The molecule has 0 saturated heterocycles. The van der Waals surface area contributed by atoms with Crippen molar-refractivity contribution in [3.63, 3.8) is 0 Å². The first-order valence-electron chi connectivity index (χ1n) is 4.20. The van der Waals surface area contributed by atoms with E-state index < -0.39 is 17.7 Å². The lowest BCUT2D eigenvalue weighted by Gasteiger charge is -2.06. The van der Waals surface area contributed by atoms with E-state index in [1.807, 2.05) is 0 Å². The fraction of sp³-hybridized carbons (Fsp3) is 0.571. The first-order valence-corrected chi connectivity index (χ1v) is 4.20. The molecular weight excluding hydrogens is 231 g/mol. The monoisotopic (exact) mass is 239 g/mol. The first kappa shape index (κ1) is 12.4. The molecule has 1 aromatic rings. The van der Waals surface area contributed by atoms with Crippen molar-refractivity contribution in [1.29, 1.82) is 0 Å². The van der Waals surface area contributed by atoms with E-state index in [9.17, 15) is 23.3 Å². The van der Waals surface area contributed by atoms with E-state index >= 15 is 0 Å². The number of aromatic nitrogens is 2. The third-order valence-corrected chi connectivity index (χ3v) is 1.56. The fourth-order valence-electron chi connectivity index (χ4n) is 0.915. The largest absolute Gasteiger partial charge is 0.411 e. The van der Waals surface area contributed by atoms with Crippen LogP contribution in [0.1, 0.15) is 0 Å². The molecule has 0 N–H and O–H groups in total. The van der Waals surface area contributed by atoms with Gasteiger partial charge in [-0.2, -0.15) is 18.3 Å². The predicted octanol–water partition coefficient (Wildman–Crippen LogP) is 1.37. The van der Waals surface area contributed by atoms with E-state index in [-0.39, 0.29) is 18.8 Å². The average Bonchev–Trinajstić information content (AvgIpc) is 2.59. The Morgan fingerprint density at radius 2 is 2.25 bits per heavy atom. The summed E-state index contributed by atoms with van der Waals surface area (Å²) in [7, 11) is 0. The van der Waals surface area contributed by atoms with Crippen LogP contribution in [0.15, 0.2) is 12.4 Å². The maximum atomic E-state index is 11.7. The van der Waals surface area contributed by atoms with Gasteiger partial charge in [-0.1, -0.05) is 0 Å². The van der Waals surface area contributed by atoms with Crippen molar-refractivity contribution in [2.75, 3.05) is 13.2 Å². The van der Waals surface area contributed by atoms with E-state index in [1.165, 1.54) is 0 Å². The average molecular weight is 239 g/mol. The zero-order valence-electron chi connectivity index (χ0n) is 7.98. The Morgan fingerprint density at radius 3 is 2.75 bits per heavy atom. The smallest absolute Gasteiger partial charge is 0.370 e. The minimum atomic E-state index is -4.36. The molecule has 1 rings (SSSR count). The lowest BCUT2D eigenvalue weighted by atomic mass is 10.6. The van der Waals surface area contributed by atoms with Gasteiger partial charge >= 0.3 is 11.9 Å². The van der Waals surface area contributed by atoms with Gasteiger partial charge in [0.05, 0.1) is 18.1 Å². The topological polar surface area (TPSA) is 70.2 Å². The Labute approximate surface area is 87.8 Å². The number of nitrogens with zero attached hydrogens (tertiary/aromatic N) is 3. The molecule has 0 aliphatic heterocycles. The van der Waals surface area contributed by atoms with Crippen LogP contribution in [0, 0.1) is 10.1 Å². The minimum Gasteiger partial charge on any atom is -0.370 e. The highest BCUT2D eigenvalue weighted by molar-refractivity contribution is 5.20. The Bertz CT molecular complexity index is 363. The summed E-state index contributed by atoms with van der Waals surface area (Å²) in [5.74, 6) is 0. The molecule has 6 nitrogen and oxygen atoms in total. The molecule has 0 fully saturated rings. The maximum Gasteiger partial charge on any atom is 0.411 e. The summed E-state index contributed by atoms with van der Waals surface area (Å²) >= 11 is 0. The molecule has 1 aromatic heterocycles. The summed E-state index contributed by atoms with van der Waals surface area (Å²) in [4.78, 5) is 9.61. The summed E-state index contributed by atoms with van der Waals surface area (Å²) in [5, 5.41) is 13.8. The van der Waals surface area contributed by atoms with Crippen molar-refractivity contribution in [2.24, 2.45) is 0 Å². The lowest BCUT2D eigenvalue weighted by Crippen LogP contribution is -2.19. The fourth-order valence-corrected chi connectivity index (χ4v) is 0.915. The SMILES string of the molecule is O=[N+]([O-])c1cnn(CCOCC(F)(F)F)c1. The van der Waals surface area contributed by atoms with E-state index in [0.717, 1.165) is 17.1 Å². The number of rotatable bonds is 5. The number of alkyl halides is 3. The van der Waals surface area contributed by atoms with Crippen molar-refractivity contribution in [3.8, 4) is 0 Å². The molecule has 0 unspecified atom stereocenters. The molecule has 0 bridgehead atoms. The van der Waals surface area contributed by atoms with E-state index in [2.05, 4.69) is 9.84 Å². The van der Waals surface area contributed by atoms with Crippen LogP contribution >= 0.6 is 0 Å². The van der Waals surface area contributed by atoms with Crippen molar-refractivity contribution in [2.45, 2.75) is 12.7 Å². The molecule has 0 radical (unpaired) electrons. The summed E-state index contributed by atoms with van der Waals surface area (Å²) < 4.78 is 40.4. The summed E-state index contributed by atoms with van der Waals surface area (Å²) in [6.45, 7) is -1.52. The van der Waals surface area contributed by atoms with Crippen LogP contribution in [0.4, 0.5) is 18.9 Å². The highest BCUT2D eigenvalue weighted by Gasteiger charge is 2.27. The summed E-state index contributed by atoms with van der Waals surface area (Å²) in [6.07, 6.45) is -2.23. The normalized spacial score (nSPS) is 11.7. The molecule has 0 aliphatic rings. The van der Waals surface area contributed by atoms with Gasteiger partial charge in [0, 0.05) is 0 Å². The zero-order valence-corrected chi connectivity index (χ0v) is 7.98. The second-order valence-corrected chi connectivity index (χ2v) is 2.89. The molecule has 16 heavy (non-hydrogen) atoms. The molecule has 0 saturated carbocycles. The van der Waals surface area contributed by atoms with Gasteiger partial charge in [0.25, 0.3) is 0 Å². The van der Waals surface area contributed by atoms with Gasteiger partial charge in [-0.15, -0.1) is 0 Å². The van der Waals surface area contributed by atoms with Crippen LogP contribution < -0.4 is 0 Å². The third kappa shape index (κ3) is 4.26. The van der Waals surface area contributed by atoms with E-state index in [1.54, 1.807) is 0 Å². The number of hydrogen-bond acceptors (Lipinski definition) is 4.